The average molecular weight is 272 g/mol. The summed E-state index contributed by atoms with van der Waals surface area (Å²) >= 11 is 5.95. The Kier molecular flexibility index (Phi) is 5.44. The fourth-order valence-corrected chi connectivity index (χ4v) is 1.72. The summed E-state index contributed by atoms with van der Waals surface area (Å²) < 4.78 is 10.3. The lowest BCUT2D eigenvalue weighted by atomic mass is 9.96. The number of alkyl carbamates (subject to hydrolysis) is 1. The Balaban J connectivity index is 2.76. The lowest BCUT2D eigenvalue weighted by molar-refractivity contribution is 0.00247. The number of benzene rings is 1. The van der Waals surface area contributed by atoms with E-state index in [1.54, 1.807) is 20.1 Å². The van der Waals surface area contributed by atoms with Crippen molar-refractivity contribution < 1.29 is 14.3 Å². The average Bonchev–Trinajstić information content (AvgIpc) is 2.36. The highest BCUT2D eigenvalue weighted by molar-refractivity contribution is 6.30. The first-order valence-electron chi connectivity index (χ1n) is 5.73. The van der Waals surface area contributed by atoms with E-state index in [1.165, 1.54) is 0 Å². The number of carbonyl (C=O) groups excluding carboxylic acids is 1. The van der Waals surface area contributed by atoms with Crippen LogP contribution < -0.4 is 5.32 Å². The molecule has 5 heteroatoms. The SMILES string of the molecule is CCOC(=O)NCC(C)(OC)c1cccc(Cl)c1. The summed E-state index contributed by atoms with van der Waals surface area (Å²) in [7, 11) is 1.59. The van der Waals surface area contributed by atoms with E-state index in [0.29, 0.717) is 18.2 Å². The molecule has 1 rings (SSSR count). The van der Waals surface area contributed by atoms with Crippen molar-refractivity contribution in [2.75, 3.05) is 20.3 Å². The van der Waals surface area contributed by atoms with Gasteiger partial charge in [0.05, 0.1) is 13.2 Å². The van der Waals surface area contributed by atoms with Crippen molar-refractivity contribution in [2.45, 2.75) is 19.4 Å². The van der Waals surface area contributed by atoms with Crippen molar-refractivity contribution in [1.29, 1.82) is 0 Å². The number of halogens is 1. The molecule has 0 saturated carbocycles. The maximum atomic E-state index is 11.3. The van der Waals surface area contributed by atoms with E-state index in [1.807, 2.05) is 25.1 Å². The highest BCUT2D eigenvalue weighted by atomic mass is 35.5. The Hall–Kier alpha value is -1.26. The second-order valence-corrected chi connectivity index (χ2v) is 4.46. The molecule has 0 aliphatic carbocycles. The molecule has 18 heavy (non-hydrogen) atoms. The van der Waals surface area contributed by atoms with Crippen molar-refractivity contribution in [3.8, 4) is 0 Å². The van der Waals surface area contributed by atoms with Gasteiger partial charge in [-0.1, -0.05) is 23.7 Å². The molecule has 0 bridgehead atoms. The van der Waals surface area contributed by atoms with Gasteiger partial charge in [-0.05, 0) is 31.5 Å². The van der Waals surface area contributed by atoms with Crippen LogP contribution in [-0.4, -0.2) is 26.4 Å². The summed E-state index contributed by atoms with van der Waals surface area (Å²) in [4.78, 5) is 11.3. The maximum Gasteiger partial charge on any atom is 0.407 e. The number of hydrogen-bond donors (Lipinski definition) is 1. The van der Waals surface area contributed by atoms with Crippen LogP contribution in [0.2, 0.25) is 5.02 Å². The van der Waals surface area contributed by atoms with Gasteiger partial charge in [0.2, 0.25) is 0 Å². The molecule has 1 aromatic rings. The molecule has 0 fully saturated rings. The zero-order valence-electron chi connectivity index (χ0n) is 10.8. The van der Waals surface area contributed by atoms with Crippen LogP contribution in [0.15, 0.2) is 24.3 Å². The number of carbonyl (C=O) groups is 1. The quantitative estimate of drug-likeness (QED) is 0.896. The summed E-state index contributed by atoms with van der Waals surface area (Å²) in [6.07, 6.45) is -0.456. The van der Waals surface area contributed by atoms with Crippen molar-refractivity contribution in [3.63, 3.8) is 0 Å². The van der Waals surface area contributed by atoms with Gasteiger partial charge in [-0.2, -0.15) is 0 Å². The molecule has 1 unspecified atom stereocenters. The van der Waals surface area contributed by atoms with Crippen LogP contribution in [0.25, 0.3) is 0 Å². The molecule has 100 valence electrons. The van der Waals surface area contributed by atoms with E-state index in [0.717, 1.165) is 5.56 Å². The van der Waals surface area contributed by atoms with Crippen LogP contribution in [0.3, 0.4) is 0 Å². The minimum Gasteiger partial charge on any atom is -0.450 e. The van der Waals surface area contributed by atoms with Crippen LogP contribution in [0.1, 0.15) is 19.4 Å². The smallest absolute Gasteiger partial charge is 0.407 e. The first-order valence-corrected chi connectivity index (χ1v) is 6.11. The van der Waals surface area contributed by atoms with Gasteiger partial charge in [0.15, 0.2) is 0 Å². The summed E-state index contributed by atoms with van der Waals surface area (Å²) in [5.74, 6) is 0. The zero-order chi connectivity index (χ0) is 13.6. The van der Waals surface area contributed by atoms with Crippen LogP contribution in [0, 0.1) is 0 Å². The Labute approximate surface area is 112 Å². The molecular weight excluding hydrogens is 254 g/mol. The van der Waals surface area contributed by atoms with Crippen molar-refractivity contribution in [3.05, 3.63) is 34.9 Å². The van der Waals surface area contributed by atoms with E-state index >= 15 is 0 Å². The minimum absolute atomic E-state index is 0.308. The first-order chi connectivity index (χ1) is 8.51. The minimum atomic E-state index is -0.641. The largest absolute Gasteiger partial charge is 0.450 e. The van der Waals surface area contributed by atoms with Crippen molar-refractivity contribution in [2.24, 2.45) is 0 Å². The van der Waals surface area contributed by atoms with Gasteiger partial charge in [-0.15, -0.1) is 0 Å². The molecule has 0 radical (unpaired) electrons. The normalized spacial score (nSPS) is 13.8. The van der Waals surface area contributed by atoms with Crippen LogP contribution >= 0.6 is 11.6 Å². The molecule has 4 nitrogen and oxygen atoms in total. The third-order valence-corrected chi connectivity index (χ3v) is 2.97. The Morgan fingerprint density at radius 3 is 2.78 bits per heavy atom. The molecule has 0 aliphatic rings. The van der Waals surface area contributed by atoms with Gasteiger partial charge in [0, 0.05) is 12.1 Å². The van der Waals surface area contributed by atoms with Crippen LogP contribution in [-0.2, 0) is 15.1 Å². The highest BCUT2D eigenvalue weighted by Crippen LogP contribution is 2.26. The van der Waals surface area contributed by atoms with E-state index in [4.69, 9.17) is 21.1 Å². The predicted molar refractivity (Wildman–Crippen MR) is 70.8 cm³/mol. The molecule has 0 aliphatic heterocycles. The molecular formula is C13H18ClNO3. The molecule has 0 aromatic heterocycles. The molecule has 0 heterocycles. The third kappa shape index (κ3) is 3.89. The van der Waals surface area contributed by atoms with Gasteiger partial charge in [-0.3, -0.25) is 0 Å². The fourth-order valence-electron chi connectivity index (χ4n) is 1.53. The predicted octanol–water partition coefficient (Wildman–Crippen LogP) is 2.95. The van der Waals surface area contributed by atoms with Gasteiger partial charge in [0.25, 0.3) is 0 Å². The van der Waals surface area contributed by atoms with E-state index in [9.17, 15) is 4.79 Å². The Morgan fingerprint density at radius 1 is 1.50 bits per heavy atom. The first kappa shape index (κ1) is 14.8. The van der Waals surface area contributed by atoms with Gasteiger partial charge < -0.3 is 14.8 Å². The number of rotatable bonds is 5. The van der Waals surface area contributed by atoms with Crippen molar-refractivity contribution >= 4 is 17.7 Å². The Morgan fingerprint density at radius 2 is 2.22 bits per heavy atom. The second kappa shape index (κ2) is 6.61. The third-order valence-electron chi connectivity index (χ3n) is 2.73. The Bertz CT molecular complexity index is 411. The van der Waals surface area contributed by atoms with Crippen molar-refractivity contribution in [1.82, 2.24) is 5.32 Å². The standard InChI is InChI=1S/C13H18ClNO3/c1-4-18-12(16)15-9-13(2,17-3)10-6-5-7-11(14)8-10/h5-8H,4,9H2,1-3H3,(H,15,16). The second-order valence-electron chi connectivity index (χ2n) is 4.02. The van der Waals surface area contributed by atoms with E-state index in [-0.39, 0.29) is 0 Å². The molecule has 1 N–H and O–H groups in total. The summed E-state index contributed by atoms with van der Waals surface area (Å²) in [5.41, 5.74) is 0.256. The fraction of sp³-hybridized carbons (Fsp3) is 0.462. The summed E-state index contributed by atoms with van der Waals surface area (Å²) in [6.45, 7) is 4.28. The topological polar surface area (TPSA) is 47.6 Å². The number of hydrogen-bond acceptors (Lipinski definition) is 3. The highest BCUT2D eigenvalue weighted by Gasteiger charge is 2.27. The lowest BCUT2D eigenvalue weighted by Gasteiger charge is -2.28. The number of nitrogens with one attached hydrogen (secondary N) is 1. The number of methoxy groups -OCH3 is 1. The van der Waals surface area contributed by atoms with Crippen LogP contribution in [0.5, 0.6) is 0 Å². The van der Waals surface area contributed by atoms with E-state index < -0.39 is 11.7 Å². The zero-order valence-corrected chi connectivity index (χ0v) is 11.6. The monoisotopic (exact) mass is 271 g/mol. The van der Waals surface area contributed by atoms with E-state index in [2.05, 4.69) is 5.32 Å². The number of ether oxygens (including phenoxy) is 2. The molecule has 1 aromatic carbocycles. The molecule has 1 amide bonds. The van der Waals surface area contributed by atoms with Crippen LogP contribution in [0.4, 0.5) is 4.79 Å². The van der Waals surface area contributed by atoms with Gasteiger partial charge in [0.1, 0.15) is 5.60 Å². The van der Waals surface area contributed by atoms with Gasteiger partial charge >= 0.3 is 6.09 Å². The molecule has 0 spiro atoms. The maximum absolute atomic E-state index is 11.3. The number of amides is 1. The molecule has 0 saturated heterocycles. The lowest BCUT2D eigenvalue weighted by Crippen LogP contribution is -2.40. The summed E-state index contributed by atoms with van der Waals surface area (Å²) in [5, 5.41) is 3.30. The molecule has 1 atom stereocenters. The van der Waals surface area contributed by atoms with Gasteiger partial charge in [-0.25, -0.2) is 4.79 Å². The summed E-state index contributed by atoms with van der Waals surface area (Å²) in [6, 6.07) is 7.36.